The SMILES string of the molecule is CC(C)C1CCCC(NCCOCC(F)(F)F)C1. The largest absolute Gasteiger partial charge is 0.411 e. The van der Waals surface area contributed by atoms with Gasteiger partial charge in [0.15, 0.2) is 0 Å². The lowest BCUT2D eigenvalue weighted by atomic mass is 9.79. The van der Waals surface area contributed by atoms with Crippen molar-refractivity contribution in [3.8, 4) is 0 Å². The first-order valence-electron chi connectivity index (χ1n) is 6.76. The number of ether oxygens (including phenoxy) is 1. The fourth-order valence-electron chi connectivity index (χ4n) is 2.54. The molecule has 1 saturated carbocycles. The van der Waals surface area contributed by atoms with Crippen molar-refractivity contribution in [3.05, 3.63) is 0 Å². The second kappa shape index (κ2) is 7.34. The zero-order valence-electron chi connectivity index (χ0n) is 11.2. The smallest absolute Gasteiger partial charge is 0.371 e. The molecule has 18 heavy (non-hydrogen) atoms. The van der Waals surface area contributed by atoms with Crippen LogP contribution in [0.3, 0.4) is 0 Å². The first-order valence-corrected chi connectivity index (χ1v) is 6.76. The molecule has 1 rings (SSSR count). The molecule has 0 spiro atoms. The second-order valence-electron chi connectivity index (χ2n) is 5.49. The van der Waals surface area contributed by atoms with Gasteiger partial charge in [0.25, 0.3) is 0 Å². The molecular formula is C13H24F3NO. The van der Waals surface area contributed by atoms with E-state index in [0.29, 0.717) is 18.5 Å². The minimum absolute atomic E-state index is 0.127. The Morgan fingerprint density at radius 2 is 2.00 bits per heavy atom. The van der Waals surface area contributed by atoms with Gasteiger partial charge in [-0.2, -0.15) is 13.2 Å². The van der Waals surface area contributed by atoms with Gasteiger partial charge in [-0.3, -0.25) is 0 Å². The minimum Gasteiger partial charge on any atom is -0.371 e. The Balaban J connectivity index is 2.08. The molecule has 2 atom stereocenters. The van der Waals surface area contributed by atoms with Crippen LogP contribution in [-0.2, 0) is 4.74 Å². The molecule has 5 heteroatoms. The van der Waals surface area contributed by atoms with Crippen molar-refractivity contribution in [2.24, 2.45) is 11.8 Å². The van der Waals surface area contributed by atoms with Crippen LogP contribution in [0, 0.1) is 11.8 Å². The molecule has 2 unspecified atom stereocenters. The standard InChI is InChI=1S/C13H24F3NO/c1-10(2)11-4-3-5-12(8-11)17-6-7-18-9-13(14,15)16/h10-12,17H,3-9H2,1-2H3. The molecule has 0 amide bonds. The van der Waals surface area contributed by atoms with Crippen molar-refractivity contribution in [2.75, 3.05) is 19.8 Å². The lowest BCUT2D eigenvalue weighted by Gasteiger charge is -2.32. The highest BCUT2D eigenvalue weighted by Gasteiger charge is 2.27. The third-order valence-electron chi connectivity index (χ3n) is 3.60. The summed E-state index contributed by atoms with van der Waals surface area (Å²) < 4.78 is 40.1. The maximum absolute atomic E-state index is 11.8. The fraction of sp³-hybridized carbons (Fsp3) is 1.00. The van der Waals surface area contributed by atoms with Crippen LogP contribution in [0.15, 0.2) is 0 Å². The lowest BCUT2D eigenvalue weighted by Crippen LogP contribution is -2.37. The van der Waals surface area contributed by atoms with Gasteiger partial charge in [-0.1, -0.05) is 26.7 Å². The fourth-order valence-corrected chi connectivity index (χ4v) is 2.54. The van der Waals surface area contributed by atoms with Crippen molar-refractivity contribution in [2.45, 2.75) is 51.7 Å². The van der Waals surface area contributed by atoms with E-state index in [9.17, 15) is 13.2 Å². The number of nitrogens with one attached hydrogen (secondary N) is 1. The highest BCUT2D eigenvalue weighted by molar-refractivity contribution is 4.79. The molecule has 0 aliphatic heterocycles. The third kappa shape index (κ3) is 6.59. The molecule has 0 saturated heterocycles. The number of alkyl halides is 3. The van der Waals surface area contributed by atoms with Crippen LogP contribution in [0.5, 0.6) is 0 Å². The molecule has 2 nitrogen and oxygen atoms in total. The van der Waals surface area contributed by atoms with E-state index in [1.54, 1.807) is 0 Å². The van der Waals surface area contributed by atoms with Gasteiger partial charge in [0.05, 0.1) is 6.61 Å². The van der Waals surface area contributed by atoms with Gasteiger partial charge in [-0.05, 0) is 24.7 Å². The predicted octanol–water partition coefficient (Wildman–Crippen LogP) is 3.37. The summed E-state index contributed by atoms with van der Waals surface area (Å²) in [6.07, 6.45) is 0.539. The Bertz CT molecular complexity index is 231. The van der Waals surface area contributed by atoms with E-state index >= 15 is 0 Å². The molecule has 1 aliphatic carbocycles. The van der Waals surface area contributed by atoms with E-state index in [0.717, 1.165) is 18.8 Å². The van der Waals surface area contributed by atoms with Gasteiger partial charge < -0.3 is 10.1 Å². The molecule has 1 N–H and O–H groups in total. The minimum atomic E-state index is -4.21. The normalized spacial score (nSPS) is 25.7. The van der Waals surface area contributed by atoms with Crippen molar-refractivity contribution in [1.29, 1.82) is 0 Å². The maximum Gasteiger partial charge on any atom is 0.411 e. The van der Waals surface area contributed by atoms with E-state index in [1.165, 1.54) is 12.8 Å². The Morgan fingerprint density at radius 1 is 1.28 bits per heavy atom. The van der Waals surface area contributed by atoms with Crippen molar-refractivity contribution in [1.82, 2.24) is 5.32 Å². The molecule has 0 aromatic rings. The molecule has 1 fully saturated rings. The summed E-state index contributed by atoms with van der Waals surface area (Å²) in [6, 6.07) is 0.445. The summed E-state index contributed by atoms with van der Waals surface area (Å²) in [4.78, 5) is 0. The molecule has 0 radical (unpaired) electrons. The van der Waals surface area contributed by atoms with E-state index < -0.39 is 12.8 Å². The zero-order chi connectivity index (χ0) is 13.6. The van der Waals surface area contributed by atoms with Crippen LogP contribution in [0.25, 0.3) is 0 Å². The lowest BCUT2D eigenvalue weighted by molar-refractivity contribution is -0.173. The Kier molecular flexibility index (Phi) is 6.43. The number of hydrogen-bond donors (Lipinski definition) is 1. The maximum atomic E-state index is 11.8. The zero-order valence-corrected chi connectivity index (χ0v) is 11.2. The van der Waals surface area contributed by atoms with Crippen molar-refractivity contribution < 1.29 is 17.9 Å². The second-order valence-corrected chi connectivity index (χ2v) is 5.49. The first-order chi connectivity index (χ1) is 8.38. The number of hydrogen-bond acceptors (Lipinski definition) is 2. The number of rotatable bonds is 6. The van der Waals surface area contributed by atoms with E-state index in [4.69, 9.17) is 0 Å². The predicted molar refractivity (Wildman–Crippen MR) is 65.5 cm³/mol. The summed E-state index contributed by atoms with van der Waals surface area (Å²) in [7, 11) is 0. The van der Waals surface area contributed by atoms with Crippen LogP contribution in [0.1, 0.15) is 39.5 Å². The third-order valence-corrected chi connectivity index (χ3v) is 3.60. The first kappa shape index (κ1) is 15.8. The van der Waals surface area contributed by atoms with Gasteiger partial charge in [0.1, 0.15) is 6.61 Å². The molecule has 0 aromatic carbocycles. The van der Waals surface area contributed by atoms with Crippen LogP contribution in [0.4, 0.5) is 13.2 Å². The van der Waals surface area contributed by atoms with Crippen molar-refractivity contribution >= 4 is 0 Å². The molecule has 0 heterocycles. The van der Waals surface area contributed by atoms with E-state index in [1.807, 2.05) is 0 Å². The molecule has 0 bridgehead atoms. The van der Waals surface area contributed by atoms with Crippen LogP contribution in [-0.4, -0.2) is 32.0 Å². The average molecular weight is 267 g/mol. The van der Waals surface area contributed by atoms with Crippen molar-refractivity contribution in [3.63, 3.8) is 0 Å². The monoisotopic (exact) mass is 267 g/mol. The highest BCUT2D eigenvalue weighted by atomic mass is 19.4. The van der Waals surface area contributed by atoms with Gasteiger partial charge in [0.2, 0.25) is 0 Å². The molecular weight excluding hydrogens is 243 g/mol. The van der Waals surface area contributed by atoms with E-state index in [-0.39, 0.29) is 6.61 Å². The Hall–Kier alpha value is -0.290. The summed E-state index contributed by atoms with van der Waals surface area (Å²) in [5, 5.41) is 3.30. The van der Waals surface area contributed by atoms with E-state index in [2.05, 4.69) is 23.9 Å². The highest BCUT2D eigenvalue weighted by Crippen LogP contribution is 2.29. The average Bonchev–Trinajstić information content (AvgIpc) is 2.27. The van der Waals surface area contributed by atoms with Gasteiger partial charge in [0, 0.05) is 12.6 Å². The molecule has 1 aliphatic rings. The van der Waals surface area contributed by atoms with Gasteiger partial charge in [-0.15, -0.1) is 0 Å². The summed E-state index contributed by atoms with van der Waals surface area (Å²) in [5.74, 6) is 1.43. The molecule has 0 aromatic heterocycles. The topological polar surface area (TPSA) is 21.3 Å². The Labute approximate surface area is 107 Å². The van der Waals surface area contributed by atoms with Gasteiger partial charge >= 0.3 is 6.18 Å². The van der Waals surface area contributed by atoms with Gasteiger partial charge in [-0.25, -0.2) is 0 Å². The summed E-state index contributed by atoms with van der Waals surface area (Å²) in [6.45, 7) is 3.96. The van der Waals surface area contributed by atoms with Crippen LogP contribution >= 0.6 is 0 Å². The van der Waals surface area contributed by atoms with Crippen LogP contribution in [0.2, 0.25) is 0 Å². The summed E-state index contributed by atoms with van der Waals surface area (Å²) >= 11 is 0. The summed E-state index contributed by atoms with van der Waals surface area (Å²) in [5.41, 5.74) is 0. The number of halogens is 3. The quantitative estimate of drug-likeness (QED) is 0.745. The van der Waals surface area contributed by atoms with Crippen LogP contribution < -0.4 is 5.32 Å². The molecule has 108 valence electrons. The Morgan fingerprint density at radius 3 is 2.61 bits per heavy atom.